The summed E-state index contributed by atoms with van der Waals surface area (Å²) in [5, 5.41) is 3.12. The van der Waals surface area contributed by atoms with E-state index >= 15 is 0 Å². The number of nitrogens with two attached hydrogens (primary N) is 1. The maximum absolute atomic E-state index is 12.6. The van der Waals surface area contributed by atoms with Gasteiger partial charge in [0.15, 0.2) is 0 Å². The largest absolute Gasteiger partial charge is 0.374 e. The molecule has 0 spiro atoms. The average molecular weight is 416 g/mol. The van der Waals surface area contributed by atoms with Gasteiger partial charge in [-0.2, -0.15) is 0 Å². The Morgan fingerprint density at radius 2 is 1.93 bits per heavy atom. The van der Waals surface area contributed by atoms with Gasteiger partial charge in [-0.1, -0.05) is 30.3 Å². The lowest BCUT2D eigenvalue weighted by Gasteiger charge is -2.34. The third-order valence-corrected chi connectivity index (χ3v) is 6.26. The number of amides is 1. The summed E-state index contributed by atoms with van der Waals surface area (Å²) in [6, 6.07) is 10.6. The van der Waals surface area contributed by atoms with Crippen LogP contribution in [0.4, 0.5) is 0 Å². The first-order valence-electron chi connectivity index (χ1n) is 9.62. The molecule has 27 heavy (non-hydrogen) atoms. The van der Waals surface area contributed by atoms with Gasteiger partial charge in [0.05, 0.1) is 18.6 Å². The monoisotopic (exact) mass is 415 g/mol. The molecular weight excluding hydrogens is 385 g/mol. The summed E-state index contributed by atoms with van der Waals surface area (Å²) < 4.78 is 5.86. The van der Waals surface area contributed by atoms with Crippen LogP contribution >= 0.6 is 24.8 Å². The second-order valence-corrected chi connectivity index (χ2v) is 7.90. The number of carbonyl (C=O) groups is 1. The summed E-state index contributed by atoms with van der Waals surface area (Å²) in [6.45, 7) is 4.05. The van der Waals surface area contributed by atoms with Crippen molar-refractivity contribution in [2.75, 3.05) is 26.2 Å². The second-order valence-electron chi connectivity index (χ2n) is 7.90. The van der Waals surface area contributed by atoms with Crippen molar-refractivity contribution in [3.8, 4) is 0 Å². The van der Waals surface area contributed by atoms with Crippen LogP contribution in [0.2, 0.25) is 0 Å². The Balaban J connectivity index is 0.00000131. The maximum Gasteiger partial charge on any atom is 0.225 e. The number of hydrogen-bond acceptors (Lipinski definition) is 4. The van der Waals surface area contributed by atoms with Gasteiger partial charge >= 0.3 is 0 Å². The normalized spacial score (nSPS) is 32.4. The van der Waals surface area contributed by atoms with Gasteiger partial charge in [-0.15, -0.1) is 24.8 Å². The number of morpholine rings is 1. The minimum absolute atomic E-state index is 0. The molecule has 1 amide bonds. The van der Waals surface area contributed by atoms with Crippen LogP contribution in [0.3, 0.4) is 0 Å². The quantitative estimate of drug-likeness (QED) is 0.773. The highest BCUT2D eigenvalue weighted by Gasteiger charge is 2.49. The third kappa shape index (κ3) is 5.15. The summed E-state index contributed by atoms with van der Waals surface area (Å²) in [5.41, 5.74) is 7.60. The van der Waals surface area contributed by atoms with Gasteiger partial charge in [-0.25, -0.2) is 0 Å². The van der Waals surface area contributed by atoms with E-state index in [1.54, 1.807) is 0 Å². The molecule has 5 atom stereocenters. The fraction of sp³-hybridized carbons (Fsp3) is 0.650. The third-order valence-electron chi connectivity index (χ3n) is 6.26. The lowest BCUT2D eigenvalue weighted by molar-refractivity contribution is -0.128. The highest BCUT2D eigenvalue weighted by atomic mass is 35.5. The van der Waals surface area contributed by atoms with Crippen LogP contribution in [0, 0.1) is 17.8 Å². The van der Waals surface area contributed by atoms with Crippen molar-refractivity contribution in [2.24, 2.45) is 23.5 Å². The number of benzene rings is 1. The molecule has 1 aromatic rings. The van der Waals surface area contributed by atoms with Gasteiger partial charge in [0.2, 0.25) is 5.91 Å². The summed E-state index contributed by atoms with van der Waals surface area (Å²) in [7, 11) is 0. The van der Waals surface area contributed by atoms with Crippen molar-refractivity contribution >= 4 is 30.7 Å². The van der Waals surface area contributed by atoms with Crippen molar-refractivity contribution < 1.29 is 9.53 Å². The Kier molecular flexibility index (Phi) is 8.38. The smallest absolute Gasteiger partial charge is 0.225 e. The number of rotatable bonds is 5. The van der Waals surface area contributed by atoms with E-state index in [1.165, 1.54) is 18.4 Å². The van der Waals surface area contributed by atoms with E-state index in [4.69, 9.17) is 10.5 Å². The second kappa shape index (κ2) is 10.1. The maximum atomic E-state index is 12.6. The zero-order valence-electron chi connectivity index (χ0n) is 15.6. The van der Waals surface area contributed by atoms with Crippen LogP contribution in [-0.4, -0.2) is 49.2 Å². The first-order valence-corrected chi connectivity index (χ1v) is 9.62. The highest BCUT2D eigenvalue weighted by molar-refractivity contribution is 5.85. The lowest BCUT2D eigenvalue weighted by atomic mass is 9.84. The minimum atomic E-state index is 0. The molecule has 1 aliphatic heterocycles. The Hall–Kier alpha value is -0.850. The Bertz CT molecular complexity index is 602. The van der Waals surface area contributed by atoms with Gasteiger partial charge in [-0.3, -0.25) is 9.69 Å². The van der Waals surface area contributed by atoms with Crippen molar-refractivity contribution in [1.29, 1.82) is 0 Å². The molecule has 1 heterocycles. The number of halogens is 2. The molecule has 3 N–H and O–H groups in total. The zero-order valence-corrected chi connectivity index (χ0v) is 17.2. The molecule has 1 saturated heterocycles. The molecule has 2 saturated carbocycles. The molecule has 4 rings (SSSR count). The highest BCUT2D eigenvalue weighted by Crippen LogP contribution is 2.47. The van der Waals surface area contributed by atoms with Gasteiger partial charge < -0.3 is 15.8 Å². The molecular formula is C20H31Cl2N3O2. The van der Waals surface area contributed by atoms with Crippen molar-refractivity contribution in [3.05, 3.63) is 35.9 Å². The Morgan fingerprint density at radius 3 is 2.63 bits per heavy atom. The van der Waals surface area contributed by atoms with Crippen LogP contribution in [0.15, 0.2) is 30.3 Å². The van der Waals surface area contributed by atoms with Gasteiger partial charge in [-0.05, 0) is 36.7 Å². The van der Waals surface area contributed by atoms with E-state index in [1.807, 2.05) is 6.07 Å². The lowest BCUT2D eigenvalue weighted by Crippen LogP contribution is -2.50. The van der Waals surface area contributed by atoms with E-state index in [0.717, 1.165) is 32.7 Å². The standard InChI is InChI=1S/C20H29N3O2.2ClH/c21-19-16-7-6-15(10-16)18(19)20(24)22-11-17-13-23(8-9-25-17)12-14-4-2-1-3-5-14;;/h1-5,15-19H,6-13,21H2,(H,22,24);2*1H. The van der Waals surface area contributed by atoms with E-state index < -0.39 is 0 Å². The first-order chi connectivity index (χ1) is 12.2. The number of ether oxygens (including phenoxy) is 1. The van der Waals surface area contributed by atoms with Crippen LogP contribution in [0.25, 0.3) is 0 Å². The zero-order chi connectivity index (χ0) is 17.2. The van der Waals surface area contributed by atoms with Crippen LogP contribution in [-0.2, 0) is 16.1 Å². The summed E-state index contributed by atoms with van der Waals surface area (Å²) >= 11 is 0. The first kappa shape index (κ1) is 22.4. The molecule has 2 aliphatic carbocycles. The fourth-order valence-corrected chi connectivity index (χ4v) is 4.95. The summed E-state index contributed by atoms with van der Waals surface area (Å²) in [5.74, 6) is 1.22. The summed E-state index contributed by atoms with van der Waals surface area (Å²) in [6.07, 6.45) is 3.58. The van der Waals surface area contributed by atoms with E-state index in [2.05, 4.69) is 34.5 Å². The topological polar surface area (TPSA) is 67.6 Å². The molecule has 7 heteroatoms. The van der Waals surface area contributed by atoms with Gasteiger partial charge in [0.1, 0.15) is 0 Å². The fourth-order valence-electron chi connectivity index (χ4n) is 4.95. The van der Waals surface area contributed by atoms with E-state index in [0.29, 0.717) is 18.4 Å². The van der Waals surface area contributed by atoms with Crippen molar-refractivity contribution in [2.45, 2.75) is 38.0 Å². The molecule has 152 valence electrons. The van der Waals surface area contributed by atoms with Crippen molar-refractivity contribution in [3.63, 3.8) is 0 Å². The molecule has 2 bridgehead atoms. The van der Waals surface area contributed by atoms with E-state index in [-0.39, 0.29) is 48.8 Å². The number of carbonyl (C=O) groups excluding carboxylic acids is 1. The average Bonchev–Trinajstić information content (AvgIpc) is 3.22. The molecule has 3 fully saturated rings. The van der Waals surface area contributed by atoms with Crippen LogP contribution in [0.1, 0.15) is 24.8 Å². The molecule has 0 aromatic heterocycles. The van der Waals surface area contributed by atoms with Gasteiger partial charge in [0.25, 0.3) is 0 Å². The number of nitrogens with zero attached hydrogens (tertiary/aromatic N) is 1. The minimum Gasteiger partial charge on any atom is -0.374 e. The predicted molar refractivity (Wildman–Crippen MR) is 111 cm³/mol. The Morgan fingerprint density at radius 1 is 1.19 bits per heavy atom. The van der Waals surface area contributed by atoms with E-state index in [9.17, 15) is 4.79 Å². The number of nitrogens with one attached hydrogen (secondary N) is 1. The Labute approximate surface area is 174 Å². The van der Waals surface area contributed by atoms with Crippen molar-refractivity contribution in [1.82, 2.24) is 10.2 Å². The molecule has 0 radical (unpaired) electrons. The number of hydrogen-bond donors (Lipinski definition) is 2. The van der Waals surface area contributed by atoms with Gasteiger partial charge in [0, 0.05) is 32.2 Å². The number of fused-ring (bicyclic) bond motifs is 2. The van der Waals surface area contributed by atoms with Crippen LogP contribution < -0.4 is 11.1 Å². The molecule has 5 nitrogen and oxygen atoms in total. The SMILES string of the molecule is Cl.Cl.NC1C2CCC(C2)C1C(=O)NCC1CN(Cc2ccccc2)CCO1. The molecule has 5 unspecified atom stereocenters. The van der Waals surface area contributed by atoms with Crippen LogP contribution in [0.5, 0.6) is 0 Å². The molecule has 3 aliphatic rings. The molecule has 1 aromatic carbocycles. The summed E-state index contributed by atoms with van der Waals surface area (Å²) in [4.78, 5) is 15.0. The predicted octanol–water partition coefficient (Wildman–Crippen LogP) is 2.22.